The lowest BCUT2D eigenvalue weighted by atomic mass is 9.97. The fourth-order valence-corrected chi connectivity index (χ4v) is 3.99. The Morgan fingerprint density at radius 3 is 2.67 bits per heavy atom. The molecule has 1 aliphatic heterocycles. The number of piperidine rings is 1. The van der Waals surface area contributed by atoms with E-state index in [2.05, 4.69) is 66.7 Å². The predicted molar refractivity (Wildman–Crippen MR) is 134 cm³/mol. The minimum atomic E-state index is 0.132. The molecule has 2 N–H and O–H groups in total. The van der Waals surface area contributed by atoms with Gasteiger partial charge in [0.15, 0.2) is 5.88 Å². The van der Waals surface area contributed by atoms with Crippen LogP contribution in [-0.2, 0) is 17.7 Å². The summed E-state index contributed by atoms with van der Waals surface area (Å²) in [5, 5.41) is 6.98. The molecule has 180 valence electrons. The van der Waals surface area contributed by atoms with Crippen molar-refractivity contribution >= 4 is 11.6 Å². The lowest BCUT2D eigenvalue weighted by molar-refractivity contribution is 0.0343. The summed E-state index contributed by atoms with van der Waals surface area (Å²) in [6.07, 6.45) is 6.71. The van der Waals surface area contributed by atoms with Gasteiger partial charge in [-0.3, -0.25) is 4.98 Å². The molecule has 0 bridgehead atoms. The molecule has 3 heterocycles. The Balaban J connectivity index is 1.52. The van der Waals surface area contributed by atoms with E-state index in [0.717, 1.165) is 60.9 Å². The molecule has 0 aliphatic carbocycles. The van der Waals surface area contributed by atoms with Crippen LogP contribution in [0.4, 0.5) is 11.6 Å². The average Bonchev–Trinajstić information content (AvgIpc) is 2.77. The van der Waals surface area contributed by atoms with Gasteiger partial charge in [0, 0.05) is 42.6 Å². The monoisotopic (exact) mass is 452 g/mol. The molecule has 1 fully saturated rings. The maximum absolute atomic E-state index is 5.96. The lowest BCUT2D eigenvalue weighted by Crippen LogP contribution is -2.47. The van der Waals surface area contributed by atoms with Crippen molar-refractivity contribution in [3.8, 4) is 0 Å². The summed E-state index contributed by atoms with van der Waals surface area (Å²) in [6, 6.07) is 4.80. The van der Waals surface area contributed by atoms with Gasteiger partial charge in [0.1, 0.15) is 0 Å². The maximum Gasteiger partial charge on any atom is 0.227 e. The first-order chi connectivity index (χ1) is 15.6. The van der Waals surface area contributed by atoms with Crippen LogP contribution in [0.3, 0.4) is 0 Å². The zero-order valence-electron chi connectivity index (χ0n) is 21.1. The first-order valence-electron chi connectivity index (χ1n) is 12.0. The Kier molecular flexibility index (Phi) is 8.30. The number of nitrogens with one attached hydrogen (secondary N) is 2. The van der Waals surface area contributed by atoms with Crippen molar-refractivity contribution in [1.29, 1.82) is 0 Å². The maximum atomic E-state index is 5.96. The van der Waals surface area contributed by atoms with Gasteiger partial charge in [-0.2, -0.15) is 0 Å². The molecule has 2 aromatic rings. The number of aromatic nitrogens is 3. The fraction of sp³-hybridized carbons (Fsp3) is 0.577. The summed E-state index contributed by atoms with van der Waals surface area (Å²) in [6.45, 7) is 19.5. The van der Waals surface area contributed by atoms with Crippen LogP contribution in [0.2, 0.25) is 0 Å². The number of likely N-dealkylation sites (tertiary alicyclic amines) is 1. The number of nitrogens with zero attached hydrogens (tertiary/aromatic N) is 4. The van der Waals surface area contributed by atoms with E-state index >= 15 is 0 Å². The van der Waals surface area contributed by atoms with Crippen molar-refractivity contribution in [3.63, 3.8) is 0 Å². The number of aryl methyl sites for hydroxylation is 2. The summed E-state index contributed by atoms with van der Waals surface area (Å²) in [5.74, 6) is 1.40. The van der Waals surface area contributed by atoms with Crippen LogP contribution in [0.5, 0.6) is 0 Å². The molecule has 0 unspecified atom stereocenters. The highest BCUT2D eigenvalue weighted by atomic mass is 16.5. The van der Waals surface area contributed by atoms with E-state index in [0.29, 0.717) is 24.6 Å². The standard InChI is InChI=1S/C26H40N6O/c1-8-24-21(15-29-25(31-24)30-23-10-9-18(2)27-16-23)14-28-22-11-12-32(19(3)13-22)20(4)33-17-26(5,6)7/h9-10,15-16,19,22,28H,4,8,11-14,17H2,1-3,5-7H3,(H,29,30,31)/t19-,22-/m1/s1. The van der Waals surface area contributed by atoms with Crippen molar-refractivity contribution in [2.24, 2.45) is 5.41 Å². The molecule has 7 nitrogen and oxygen atoms in total. The molecule has 2 aromatic heterocycles. The number of pyridine rings is 1. The van der Waals surface area contributed by atoms with E-state index in [-0.39, 0.29) is 5.41 Å². The van der Waals surface area contributed by atoms with Crippen molar-refractivity contribution in [2.45, 2.75) is 79.4 Å². The largest absolute Gasteiger partial charge is 0.479 e. The normalized spacial score (nSPS) is 18.8. The van der Waals surface area contributed by atoms with Gasteiger partial charge in [-0.25, -0.2) is 9.97 Å². The third-order valence-corrected chi connectivity index (χ3v) is 5.91. The third kappa shape index (κ3) is 7.42. The third-order valence-electron chi connectivity index (χ3n) is 5.91. The minimum Gasteiger partial charge on any atom is -0.479 e. The molecular formula is C26H40N6O. The molecule has 2 atom stereocenters. The highest BCUT2D eigenvalue weighted by Crippen LogP contribution is 2.24. The van der Waals surface area contributed by atoms with Gasteiger partial charge >= 0.3 is 0 Å². The smallest absolute Gasteiger partial charge is 0.227 e. The van der Waals surface area contributed by atoms with Gasteiger partial charge in [-0.1, -0.05) is 27.7 Å². The Hall–Kier alpha value is -2.67. The molecule has 0 saturated carbocycles. The summed E-state index contributed by atoms with van der Waals surface area (Å²) in [7, 11) is 0. The second-order valence-electron chi connectivity index (χ2n) is 10.2. The Labute approximate surface area is 199 Å². The van der Waals surface area contributed by atoms with Crippen LogP contribution in [0.15, 0.2) is 37.0 Å². The van der Waals surface area contributed by atoms with Crippen LogP contribution in [0.1, 0.15) is 64.4 Å². The van der Waals surface area contributed by atoms with Gasteiger partial charge in [0.2, 0.25) is 5.95 Å². The van der Waals surface area contributed by atoms with Crippen molar-refractivity contribution < 1.29 is 4.74 Å². The first-order valence-corrected chi connectivity index (χ1v) is 12.0. The van der Waals surface area contributed by atoms with Gasteiger partial charge in [-0.15, -0.1) is 0 Å². The van der Waals surface area contributed by atoms with Crippen LogP contribution >= 0.6 is 0 Å². The van der Waals surface area contributed by atoms with E-state index in [1.54, 1.807) is 6.20 Å². The zero-order chi connectivity index (χ0) is 24.0. The molecule has 0 amide bonds. The lowest BCUT2D eigenvalue weighted by Gasteiger charge is -2.40. The summed E-state index contributed by atoms with van der Waals surface area (Å²) < 4.78 is 5.96. The molecule has 33 heavy (non-hydrogen) atoms. The van der Waals surface area contributed by atoms with Crippen LogP contribution < -0.4 is 10.6 Å². The van der Waals surface area contributed by atoms with Gasteiger partial charge in [0.25, 0.3) is 0 Å². The second-order valence-corrected chi connectivity index (χ2v) is 10.2. The molecular weight excluding hydrogens is 412 g/mol. The Morgan fingerprint density at radius 2 is 2.03 bits per heavy atom. The molecule has 3 rings (SSSR count). The van der Waals surface area contributed by atoms with E-state index in [1.807, 2.05) is 25.3 Å². The first kappa shape index (κ1) is 25.0. The van der Waals surface area contributed by atoms with Gasteiger partial charge in [-0.05, 0) is 57.2 Å². The SMILES string of the molecule is C=C(OCC(C)(C)C)N1CC[C@@H](NCc2cnc(Nc3ccc(C)nc3)nc2CC)C[C@H]1C. The number of hydrogen-bond acceptors (Lipinski definition) is 7. The zero-order valence-corrected chi connectivity index (χ0v) is 21.1. The van der Waals surface area contributed by atoms with E-state index in [4.69, 9.17) is 9.72 Å². The number of hydrogen-bond donors (Lipinski definition) is 2. The Bertz CT molecular complexity index is 921. The molecule has 1 saturated heterocycles. The van der Waals surface area contributed by atoms with E-state index < -0.39 is 0 Å². The van der Waals surface area contributed by atoms with Crippen molar-refractivity contribution in [2.75, 3.05) is 18.5 Å². The Morgan fingerprint density at radius 1 is 1.24 bits per heavy atom. The number of ether oxygens (including phenoxy) is 1. The van der Waals surface area contributed by atoms with Gasteiger partial charge < -0.3 is 20.3 Å². The van der Waals surface area contributed by atoms with E-state index in [9.17, 15) is 0 Å². The predicted octanol–water partition coefficient (Wildman–Crippen LogP) is 4.96. The second kappa shape index (κ2) is 11.0. The topological polar surface area (TPSA) is 75.2 Å². The summed E-state index contributed by atoms with van der Waals surface area (Å²) >= 11 is 0. The fourth-order valence-electron chi connectivity index (χ4n) is 3.99. The molecule has 1 aliphatic rings. The van der Waals surface area contributed by atoms with Crippen molar-refractivity contribution in [3.05, 3.63) is 53.9 Å². The molecule has 7 heteroatoms. The summed E-state index contributed by atoms with van der Waals surface area (Å²) in [4.78, 5) is 15.9. The van der Waals surface area contributed by atoms with Gasteiger partial charge in [0.05, 0.1) is 24.2 Å². The van der Waals surface area contributed by atoms with Crippen LogP contribution in [-0.4, -0.2) is 45.1 Å². The summed E-state index contributed by atoms with van der Waals surface area (Å²) in [5.41, 5.74) is 4.22. The highest BCUT2D eigenvalue weighted by molar-refractivity contribution is 5.51. The molecule has 0 aromatic carbocycles. The van der Waals surface area contributed by atoms with Crippen LogP contribution in [0, 0.1) is 12.3 Å². The van der Waals surface area contributed by atoms with Crippen molar-refractivity contribution in [1.82, 2.24) is 25.2 Å². The van der Waals surface area contributed by atoms with Crippen LogP contribution in [0.25, 0.3) is 0 Å². The minimum absolute atomic E-state index is 0.132. The number of anilines is 2. The highest BCUT2D eigenvalue weighted by Gasteiger charge is 2.27. The van der Waals surface area contributed by atoms with E-state index in [1.165, 1.54) is 0 Å². The average molecular weight is 453 g/mol. The molecule has 0 spiro atoms. The molecule has 0 radical (unpaired) electrons. The number of rotatable bonds is 9. The quantitative estimate of drug-likeness (QED) is 0.521.